The van der Waals surface area contributed by atoms with Gasteiger partial charge in [-0.15, -0.1) is 35.0 Å². The van der Waals surface area contributed by atoms with E-state index in [2.05, 4.69) is 20.4 Å². The number of hydrogen-bond acceptors (Lipinski definition) is 8. The van der Waals surface area contributed by atoms with Crippen LogP contribution in [0.3, 0.4) is 0 Å². The van der Waals surface area contributed by atoms with Crippen LogP contribution < -0.4 is 41.9 Å². The summed E-state index contributed by atoms with van der Waals surface area (Å²) in [6.07, 6.45) is 5.63. The van der Waals surface area contributed by atoms with E-state index in [-0.39, 0.29) is 36.7 Å². The molecule has 0 heterocycles. The molecule has 12 nitrogen and oxygen atoms in total. The van der Waals surface area contributed by atoms with Crippen LogP contribution in [0.4, 0.5) is 0 Å². The first kappa shape index (κ1) is 33.1. The molecule has 204 valence electrons. The van der Waals surface area contributed by atoms with Crippen molar-refractivity contribution in [2.75, 3.05) is 27.4 Å². The lowest BCUT2D eigenvalue weighted by molar-refractivity contribution is 0.264. The number of unbranched alkanes of at least 4 members (excludes halogenated alkanes) is 2. The highest BCUT2D eigenvalue weighted by Crippen LogP contribution is 2.29. The summed E-state index contributed by atoms with van der Waals surface area (Å²) in [6, 6.07) is 10.9. The van der Waals surface area contributed by atoms with Gasteiger partial charge < -0.3 is 41.9 Å². The molecule has 0 aliphatic carbocycles. The molecule has 0 radical (unpaired) electrons. The number of nitrogens with two attached hydrogens (primary N) is 4. The summed E-state index contributed by atoms with van der Waals surface area (Å²) in [4.78, 5) is 0. The number of methoxy groups -OCH3 is 2. The number of nitrogens with zero attached hydrogens (tertiary/aromatic N) is 4. The van der Waals surface area contributed by atoms with Crippen molar-refractivity contribution in [3.05, 3.63) is 47.5 Å². The molecule has 0 saturated carbocycles. The van der Waals surface area contributed by atoms with E-state index in [1.807, 2.05) is 24.3 Å². The molecule has 0 fully saturated rings. The summed E-state index contributed by atoms with van der Waals surface area (Å²) < 4.78 is 22.5. The monoisotopic (exact) mass is 556 g/mol. The fourth-order valence-electron chi connectivity index (χ4n) is 2.84. The molecule has 0 aromatic heterocycles. The number of hydrogen-bond donors (Lipinski definition) is 4. The molecule has 37 heavy (non-hydrogen) atoms. The lowest BCUT2D eigenvalue weighted by Crippen LogP contribution is -2.21. The van der Waals surface area contributed by atoms with Crippen LogP contribution in [0.5, 0.6) is 23.0 Å². The third-order valence-corrected chi connectivity index (χ3v) is 4.44. The quantitative estimate of drug-likeness (QED) is 0.118. The average Bonchev–Trinajstić information content (AvgIpc) is 2.83. The van der Waals surface area contributed by atoms with Crippen LogP contribution in [0.15, 0.2) is 56.8 Å². The van der Waals surface area contributed by atoms with Gasteiger partial charge in [-0.25, -0.2) is 0 Å². The Balaban J connectivity index is 0.00000648. The molecule has 0 aliphatic rings. The molecule has 14 heteroatoms. The third kappa shape index (κ3) is 12.6. The molecule has 0 unspecified atom stereocenters. The molecule has 0 bridgehead atoms. The summed E-state index contributed by atoms with van der Waals surface area (Å²) in [5.41, 5.74) is 22.6. The normalized spacial score (nSPS) is 10.2. The van der Waals surface area contributed by atoms with Crippen LogP contribution in [-0.2, 0) is 0 Å². The minimum Gasteiger partial charge on any atom is -0.493 e. The second-order valence-corrected chi connectivity index (χ2v) is 7.12. The van der Waals surface area contributed by atoms with Crippen LogP contribution in [0, 0.1) is 0 Å². The van der Waals surface area contributed by atoms with Crippen LogP contribution >= 0.6 is 24.8 Å². The number of rotatable bonds is 14. The van der Waals surface area contributed by atoms with Crippen LogP contribution in [0.25, 0.3) is 0 Å². The number of halogens is 2. The second-order valence-electron chi connectivity index (χ2n) is 7.12. The van der Waals surface area contributed by atoms with Crippen molar-refractivity contribution in [3.63, 3.8) is 0 Å². The van der Waals surface area contributed by atoms with Gasteiger partial charge in [0, 0.05) is 0 Å². The smallest absolute Gasteiger partial charge is 0.211 e. The van der Waals surface area contributed by atoms with E-state index >= 15 is 0 Å². The van der Waals surface area contributed by atoms with E-state index in [0.717, 1.165) is 30.4 Å². The van der Waals surface area contributed by atoms with Gasteiger partial charge in [0.05, 0.1) is 39.9 Å². The van der Waals surface area contributed by atoms with Crippen molar-refractivity contribution in [1.29, 1.82) is 0 Å². The Bertz CT molecular complexity index is 989. The number of benzene rings is 2. The molecule has 0 atom stereocenters. The second kappa shape index (κ2) is 18.4. The highest BCUT2D eigenvalue weighted by molar-refractivity contribution is 5.86. The lowest BCUT2D eigenvalue weighted by atomic mass is 10.2. The number of guanidine groups is 2. The van der Waals surface area contributed by atoms with Crippen molar-refractivity contribution in [1.82, 2.24) is 0 Å². The fourth-order valence-corrected chi connectivity index (χ4v) is 2.84. The zero-order chi connectivity index (χ0) is 25.5. The van der Waals surface area contributed by atoms with Gasteiger partial charge in [0.25, 0.3) is 0 Å². The SMILES string of the molecule is COc1ccc(/C=N/N=C(N)N)cc1OCCCCCOc1cc(/C=N/N=C(N)N)ccc1OC.Cl.Cl. The van der Waals surface area contributed by atoms with E-state index in [0.29, 0.717) is 36.2 Å². The Kier molecular flexibility index (Phi) is 16.4. The van der Waals surface area contributed by atoms with Crippen LogP contribution in [0.1, 0.15) is 30.4 Å². The van der Waals surface area contributed by atoms with E-state index < -0.39 is 0 Å². The van der Waals surface area contributed by atoms with E-state index in [9.17, 15) is 0 Å². The molecular formula is C23H34Cl2N8O4. The van der Waals surface area contributed by atoms with Gasteiger partial charge in [-0.3, -0.25) is 0 Å². The molecule has 0 aliphatic heterocycles. The van der Waals surface area contributed by atoms with Crippen LogP contribution in [0.2, 0.25) is 0 Å². The van der Waals surface area contributed by atoms with Gasteiger partial charge in [-0.1, -0.05) is 0 Å². The maximum atomic E-state index is 5.89. The maximum Gasteiger partial charge on any atom is 0.211 e. The van der Waals surface area contributed by atoms with Crippen molar-refractivity contribution in [3.8, 4) is 23.0 Å². The standard InChI is InChI=1S/C23H32N8O4.2ClH/c1-32-18-8-6-16(14-28-30-22(24)25)12-20(18)34-10-4-3-5-11-35-21-13-17(7-9-19(21)33-2)15-29-31-23(26)27;;/h6-9,12-15H,3-5,10-11H2,1-2H3,(H4,24,25,30)(H4,26,27,31);2*1H/b28-14+,29-15+;;. The summed E-state index contributed by atoms with van der Waals surface area (Å²) in [5, 5.41) is 14.8. The predicted molar refractivity (Wildman–Crippen MR) is 152 cm³/mol. The molecule has 2 rings (SSSR count). The van der Waals surface area contributed by atoms with Gasteiger partial charge in [-0.2, -0.15) is 10.2 Å². The largest absolute Gasteiger partial charge is 0.493 e. The van der Waals surface area contributed by atoms with Crippen molar-refractivity contribution < 1.29 is 18.9 Å². The van der Waals surface area contributed by atoms with Gasteiger partial charge >= 0.3 is 0 Å². The van der Waals surface area contributed by atoms with Gasteiger partial charge in [0.1, 0.15) is 0 Å². The van der Waals surface area contributed by atoms with Gasteiger partial charge in [-0.05, 0) is 66.8 Å². The first-order valence-corrected chi connectivity index (χ1v) is 10.8. The van der Waals surface area contributed by atoms with Crippen LogP contribution in [-0.4, -0.2) is 51.8 Å². The summed E-state index contributed by atoms with van der Waals surface area (Å²) in [6.45, 7) is 1.04. The van der Waals surface area contributed by atoms with Gasteiger partial charge in [0.2, 0.25) is 11.9 Å². The third-order valence-electron chi connectivity index (χ3n) is 4.44. The number of ether oxygens (including phenoxy) is 4. The van der Waals surface area contributed by atoms with E-state index in [4.69, 9.17) is 41.9 Å². The Morgan fingerprint density at radius 1 is 0.649 bits per heavy atom. The minimum atomic E-state index is -0.113. The zero-order valence-corrected chi connectivity index (χ0v) is 22.3. The zero-order valence-electron chi connectivity index (χ0n) is 20.7. The Labute approximate surface area is 228 Å². The highest BCUT2D eigenvalue weighted by Gasteiger charge is 2.07. The van der Waals surface area contributed by atoms with E-state index in [1.165, 1.54) is 12.4 Å². The van der Waals surface area contributed by atoms with Crippen molar-refractivity contribution in [2.45, 2.75) is 19.3 Å². The molecule has 0 saturated heterocycles. The van der Waals surface area contributed by atoms with E-state index in [1.54, 1.807) is 26.4 Å². The Hall–Kier alpha value is -3.90. The first-order chi connectivity index (χ1) is 16.9. The molecule has 2 aromatic rings. The molecule has 0 spiro atoms. The Morgan fingerprint density at radius 2 is 1.05 bits per heavy atom. The lowest BCUT2D eigenvalue weighted by Gasteiger charge is -2.12. The molecule has 0 amide bonds. The fraction of sp³-hybridized carbons (Fsp3) is 0.304. The topological polar surface area (TPSA) is 190 Å². The predicted octanol–water partition coefficient (Wildman–Crippen LogP) is 2.39. The minimum absolute atomic E-state index is 0. The first-order valence-electron chi connectivity index (χ1n) is 10.8. The maximum absolute atomic E-state index is 5.89. The van der Waals surface area contributed by atoms with Crippen molar-refractivity contribution >= 4 is 49.2 Å². The molecule has 2 aromatic carbocycles. The average molecular weight is 557 g/mol. The molecule has 8 N–H and O–H groups in total. The highest BCUT2D eigenvalue weighted by atomic mass is 35.5. The summed E-state index contributed by atoms with van der Waals surface area (Å²) >= 11 is 0. The van der Waals surface area contributed by atoms with Gasteiger partial charge in [0.15, 0.2) is 23.0 Å². The molecular weight excluding hydrogens is 523 g/mol. The summed E-state index contributed by atoms with van der Waals surface area (Å²) in [5.74, 6) is 2.25. The Morgan fingerprint density at radius 3 is 1.41 bits per heavy atom. The summed E-state index contributed by atoms with van der Waals surface area (Å²) in [7, 11) is 3.17. The van der Waals surface area contributed by atoms with Crippen molar-refractivity contribution in [2.24, 2.45) is 43.3 Å².